The maximum atomic E-state index is 11.7. The Morgan fingerprint density at radius 2 is 1.84 bits per heavy atom. The van der Waals surface area contributed by atoms with Crippen LogP contribution in [0.15, 0.2) is 30.3 Å². The first kappa shape index (κ1) is 15.7. The van der Waals surface area contributed by atoms with Crippen LogP contribution >= 0.6 is 0 Å². The molecule has 0 fully saturated rings. The molecule has 3 nitrogen and oxygen atoms in total. The lowest BCUT2D eigenvalue weighted by atomic mass is 10.1. The normalized spacial score (nSPS) is 12.1. The summed E-state index contributed by atoms with van der Waals surface area (Å²) in [4.78, 5) is 11.7. The smallest absolute Gasteiger partial charge is 0.323 e. The highest BCUT2D eigenvalue weighted by Crippen LogP contribution is 2.05. The lowest BCUT2D eigenvalue weighted by Crippen LogP contribution is -2.34. The Balaban J connectivity index is 2.15. The van der Waals surface area contributed by atoms with Gasteiger partial charge in [-0.1, -0.05) is 62.9 Å². The Morgan fingerprint density at radius 1 is 1.16 bits per heavy atom. The molecule has 1 unspecified atom stereocenters. The first-order valence-electron chi connectivity index (χ1n) is 7.20. The van der Waals surface area contributed by atoms with Crippen molar-refractivity contribution in [3.8, 4) is 0 Å². The lowest BCUT2D eigenvalue weighted by Gasteiger charge is -2.11. The fraction of sp³-hybridized carbons (Fsp3) is 0.562. The first-order valence-corrected chi connectivity index (χ1v) is 7.20. The minimum Gasteiger partial charge on any atom is -0.465 e. The van der Waals surface area contributed by atoms with Gasteiger partial charge in [0, 0.05) is 0 Å². The minimum atomic E-state index is -0.557. The van der Waals surface area contributed by atoms with Gasteiger partial charge >= 0.3 is 5.97 Å². The van der Waals surface area contributed by atoms with Crippen LogP contribution in [0, 0.1) is 0 Å². The van der Waals surface area contributed by atoms with Gasteiger partial charge in [0.1, 0.15) is 6.04 Å². The van der Waals surface area contributed by atoms with Gasteiger partial charge in [0.2, 0.25) is 0 Å². The van der Waals surface area contributed by atoms with Crippen molar-refractivity contribution in [2.45, 2.75) is 51.5 Å². The topological polar surface area (TPSA) is 52.3 Å². The van der Waals surface area contributed by atoms with E-state index in [2.05, 4.69) is 6.92 Å². The second-order valence-electron chi connectivity index (χ2n) is 4.88. The number of carbonyl (C=O) groups excluding carboxylic acids is 1. The number of hydrogen-bond donors (Lipinski definition) is 1. The molecule has 0 spiro atoms. The molecular weight excluding hydrogens is 238 g/mol. The van der Waals surface area contributed by atoms with E-state index in [1.54, 1.807) is 0 Å². The van der Waals surface area contributed by atoms with E-state index in [0.717, 1.165) is 18.4 Å². The van der Waals surface area contributed by atoms with E-state index in [4.69, 9.17) is 10.5 Å². The maximum Gasteiger partial charge on any atom is 0.323 e. The fourth-order valence-electron chi connectivity index (χ4n) is 1.94. The molecule has 19 heavy (non-hydrogen) atoms. The minimum absolute atomic E-state index is 0.292. The predicted octanol–water partition coefficient (Wildman–Crippen LogP) is 3.07. The number of esters is 1. The van der Waals surface area contributed by atoms with Crippen LogP contribution < -0.4 is 5.73 Å². The summed E-state index contributed by atoms with van der Waals surface area (Å²) in [6, 6.07) is 9.22. The number of ether oxygens (including phenoxy) is 1. The van der Waals surface area contributed by atoms with Gasteiger partial charge in [-0.25, -0.2) is 0 Å². The number of unbranched alkanes of at least 4 members (excludes halogenated alkanes) is 4. The Labute approximate surface area is 116 Å². The molecule has 0 amide bonds. The number of carbonyl (C=O) groups is 1. The summed E-state index contributed by atoms with van der Waals surface area (Å²) in [6.07, 6.45) is 6.28. The van der Waals surface area contributed by atoms with Crippen LogP contribution in [0.25, 0.3) is 0 Å². The molecular formula is C16H25NO2. The van der Waals surface area contributed by atoms with Crippen molar-refractivity contribution >= 4 is 5.97 Å². The van der Waals surface area contributed by atoms with Gasteiger partial charge in [-0.2, -0.15) is 0 Å². The Hall–Kier alpha value is -1.35. The van der Waals surface area contributed by atoms with Crippen molar-refractivity contribution in [3.05, 3.63) is 35.9 Å². The van der Waals surface area contributed by atoms with Gasteiger partial charge in [-0.05, 0) is 18.4 Å². The zero-order valence-corrected chi connectivity index (χ0v) is 11.8. The van der Waals surface area contributed by atoms with E-state index in [0.29, 0.717) is 13.0 Å². The number of rotatable bonds is 9. The summed E-state index contributed by atoms with van der Waals surface area (Å²) < 4.78 is 5.19. The molecule has 0 heterocycles. The third kappa shape index (κ3) is 6.97. The van der Waals surface area contributed by atoms with Gasteiger partial charge in [0.15, 0.2) is 0 Å². The number of nitrogens with two attached hydrogens (primary N) is 1. The van der Waals surface area contributed by atoms with Crippen LogP contribution in [0.1, 0.15) is 44.6 Å². The van der Waals surface area contributed by atoms with Crippen molar-refractivity contribution in [1.29, 1.82) is 0 Å². The van der Waals surface area contributed by atoms with Gasteiger partial charge in [-0.3, -0.25) is 4.79 Å². The lowest BCUT2D eigenvalue weighted by molar-refractivity contribution is -0.145. The first-order chi connectivity index (χ1) is 9.24. The average molecular weight is 263 g/mol. The summed E-state index contributed by atoms with van der Waals surface area (Å²) >= 11 is 0. The van der Waals surface area contributed by atoms with E-state index < -0.39 is 6.04 Å². The summed E-state index contributed by atoms with van der Waals surface area (Å²) in [5, 5.41) is 0. The van der Waals surface area contributed by atoms with Crippen molar-refractivity contribution in [1.82, 2.24) is 0 Å². The van der Waals surface area contributed by atoms with Crippen LogP contribution in [-0.4, -0.2) is 18.6 Å². The molecule has 0 bridgehead atoms. The van der Waals surface area contributed by atoms with Gasteiger partial charge in [0.25, 0.3) is 0 Å². The third-order valence-electron chi connectivity index (χ3n) is 3.09. The summed E-state index contributed by atoms with van der Waals surface area (Å²) in [5.41, 5.74) is 6.90. The zero-order valence-electron chi connectivity index (χ0n) is 11.8. The zero-order chi connectivity index (χ0) is 13.9. The molecule has 1 rings (SSSR count). The molecule has 0 aliphatic heterocycles. The van der Waals surface area contributed by atoms with Gasteiger partial charge in [-0.15, -0.1) is 0 Å². The van der Waals surface area contributed by atoms with E-state index in [1.807, 2.05) is 30.3 Å². The molecule has 0 saturated heterocycles. The molecule has 0 aromatic heterocycles. The van der Waals surface area contributed by atoms with Crippen LogP contribution in [0.5, 0.6) is 0 Å². The third-order valence-corrected chi connectivity index (χ3v) is 3.09. The molecule has 0 aliphatic rings. The van der Waals surface area contributed by atoms with E-state index in [1.165, 1.54) is 19.3 Å². The van der Waals surface area contributed by atoms with E-state index >= 15 is 0 Å². The molecule has 2 N–H and O–H groups in total. The number of hydrogen-bond acceptors (Lipinski definition) is 3. The Morgan fingerprint density at radius 3 is 2.53 bits per heavy atom. The molecule has 106 valence electrons. The van der Waals surface area contributed by atoms with Crippen molar-refractivity contribution in [2.75, 3.05) is 6.61 Å². The molecule has 0 aliphatic carbocycles. The largest absolute Gasteiger partial charge is 0.465 e. The van der Waals surface area contributed by atoms with Crippen LogP contribution in [0.3, 0.4) is 0 Å². The van der Waals surface area contributed by atoms with Crippen LogP contribution in [-0.2, 0) is 16.0 Å². The molecule has 1 atom stereocenters. The quantitative estimate of drug-likeness (QED) is 0.550. The number of benzene rings is 1. The van der Waals surface area contributed by atoms with Gasteiger partial charge in [0.05, 0.1) is 6.61 Å². The highest BCUT2D eigenvalue weighted by Gasteiger charge is 2.15. The molecule has 3 heteroatoms. The molecule has 1 aromatic rings. The van der Waals surface area contributed by atoms with Crippen molar-refractivity contribution < 1.29 is 9.53 Å². The molecule has 1 aromatic carbocycles. The predicted molar refractivity (Wildman–Crippen MR) is 77.8 cm³/mol. The molecule has 0 saturated carbocycles. The Bertz CT molecular complexity index is 351. The SMILES string of the molecule is CCCCCCCOC(=O)C(N)Cc1ccccc1. The second-order valence-corrected chi connectivity index (χ2v) is 4.88. The van der Waals surface area contributed by atoms with Gasteiger partial charge < -0.3 is 10.5 Å². The fourth-order valence-corrected chi connectivity index (χ4v) is 1.94. The van der Waals surface area contributed by atoms with E-state index in [9.17, 15) is 4.79 Å². The Kier molecular flexibility index (Phi) is 7.91. The summed E-state index contributed by atoms with van der Waals surface area (Å²) in [7, 11) is 0. The highest BCUT2D eigenvalue weighted by molar-refractivity contribution is 5.75. The average Bonchev–Trinajstić information content (AvgIpc) is 2.43. The van der Waals surface area contributed by atoms with Crippen LogP contribution in [0.4, 0.5) is 0 Å². The molecule has 0 radical (unpaired) electrons. The summed E-state index contributed by atoms with van der Waals surface area (Å²) in [5.74, 6) is -0.292. The van der Waals surface area contributed by atoms with Crippen molar-refractivity contribution in [2.24, 2.45) is 5.73 Å². The maximum absolute atomic E-state index is 11.7. The standard InChI is InChI=1S/C16H25NO2/c1-2-3-4-5-9-12-19-16(18)15(17)13-14-10-7-6-8-11-14/h6-8,10-11,15H,2-5,9,12-13,17H2,1H3. The van der Waals surface area contributed by atoms with Crippen LogP contribution in [0.2, 0.25) is 0 Å². The van der Waals surface area contributed by atoms with E-state index in [-0.39, 0.29) is 5.97 Å². The summed E-state index contributed by atoms with van der Waals surface area (Å²) in [6.45, 7) is 2.67. The monoisotopic (exact) mass is 263 g/mol. The highest BCUT2D eigenvalue weighted by atomic mass is 16.5. The second kappa shape index (κ2) is 9.56. The van der Waals surface area contributed by atoms with Crippen molar-refractivity contribution in [3.63, 3.8) is 0 Å².